The number of esters is 1. The second-order valence-electron chi connectivity index (χ2n) is 2.41. The minimum atomic E-state index is -0.299. The highest BCUT2D eigenvalue weighted by molar-refractivity contribution is 9.09. The van der Waals surface area contributed by atoms with Crippen LogP contribution in [0.5, 0.6) is 0 Å². The van der Waals surface area contributed by atoms with Crippen LogP contribution in [0.2, 0.25) is 0 Å². The van der Waals surface area contributed by atoms with E-state index in [-0.39, 0.29) is 11.5 Å². The molecule has 0 aliphatic carbocycles. The molecule has 0 bridgehead atoms. The zero-order chi connectivity index (χ0) is 8.97. The standard InChI is InChI=1S/C9H9BrO2/c1-7-2-4-8(5-3-7)9(11)12-6-10/h2-5H,6H2,1H3. The second kappa shape index (κ2) is 4.26. The normalized spacial score (nSPS) is 9.50. The lowest BCUT2D eigenvalue weighted by Gasteiger charge is -2.00. The molecule has 1 aromatic rings. The van der Waals surface area contributed by atoms with E-state index in [1.54, 1.807) is 12.1 Å². The van der Waals surface area contributed by atoms with Crippen LogP contribution in [0.15, 0.2) is 24.3 Å². The van der Waals surface area contributed by atoms with Gasteiger partial charge >= 0.3 is 5.97 Å². The van der Waals surface area contributed by atoms with Crippen LogP contribution in [0.4, 0.5) is 0 Å². The van der Waals surface area contributed by atoms with E-state index in [9.17, 15) is 4.79 Å². The molecule has 12 heavy (non-hydrogen) atoms. The molecule has 2 nitrogen and oxygen atoms in total. The molecule has 3 heteroatoms. The second-order valence-corrected chi connectivity index (χ2v) is 2.86. The molecule has 64 valence electrons. The Kier molecular flexibility index (Phi) is 3.29. The van der Waals surface area contributed by atoms with Gasteiger partial charge in [0, 0.05) is 0 Å². The summed E-state index contributed by atoms with van der Waals surface area (Å²) in [5.41, 5.74) is 1.95. The lowest BCUT2D eigenvalue weighted by molar-refractivity contribution is 0.0584. The zero-order valence-electron chi connectivity index (χ0n) is 6.71. The number of ether oxygens (including phenoxy) is 1. The van der Waals surface area contributed by atoms with Crippen LogP contribution in [0.25, 0.3) is 0 Å². The lowest BCUT2D eigenvalue weighted by Crippen LogP contribution is -2.02. The molecule has 0 N–H and O–H groups in total. The molecule has 0 saturated carbocycles. The van der Waals surface area contributed by atoms with E-state index in [0.29, 0.717) is 5.56 Å². The summed E-state index contributed by atoms with van der Waals surface area (Å²) in [5, 5.41) is 0. The zero-order valence-corrected chi connectivity index (χ0v) is 8.30. The van der Waals surface area contributed by atoms with Crippen molar-refractivity contribution in [2.75, 3.05) is 5.52 Å². The van der Waals surface area contributed by atoms with Crippen LogP contribution in [0.3, 0.4) is 0 Å². The highest BCUT2D eigenvalue weighted by atomic mass is 79.9. The third-order valence-electron chi connectivity index (χ3n) is 1.47. The van der Waals surface area contributed by atoms with Gasteiger partial charge in [0.1, 0.15) is 5.52 Å². The Morgan fingerprint density at radius 1 is 1.42 bits per heavy atom. The molecule has 0 saturated heterocycles. The molecule has 0 aromatic heterocycles. The van der Waals surface area contributed by atoms with Gasteiger partial charge in [-0.3, -0.25) is 0 Å². The fourth-order valence-corrected chi connectivity index (χ4v) is 1.03. The van der Waals surface area contributed by atoms with Gasteiger partial charge in [0.05, 0.1) is 5.56 Å². The van der Waals surface area contributed by atoms with Gasteiger partial charge in [-0.25, -0.2) is 4.79 Å². The Balaban J connectivity index is 2.75. The number of alkyl halides is 1. The van der Waals surface area contributed by atoms with Gasteiger partial charge < -0.3 is 4.74 Å². The summed E-state index contributed by atoms with van der Waals surface area (Å²) in [5.74, 6) is -0.299. The number of halogens is 1. The van der Waals surface area contributed by atoms with Crippen LogP contribution < -0.4 is 0 Å². The van der Waals surface area contributed by atoms with Crippen LogP contribution in [-0.2, 0) is 4.74 Å². The van der Waals surface area contributed by atoms with E-state index in [2.05, 4.69) is 15.9 Å². The van der Waals surface area contributed by atoms with Crippen molar-refractivity contribution in [1.82, 2.24) is 0 Å². The van der Waals surface area contributed by atoms with Crippen LogP contribution in [-0.4, -0.2) is 11.5 Å². The summed E-state index contributed by atoms with van der Waals surface area (Å²) in [6.07, 6.45) is 0. The summed E-state index contributed by atoms with van der Waals surface area (Å²) >= 11 is 3.02. The first-order chi connectivity index (χ1) is 5.74. The predicted molar refractivity (Wildman–Crippen MR) is 50.4 cm³/mol. The van der Waals surface area contributed by atoms with Gasteiger partial charge in [-0.15, -0.1) is 0 Å². The summed E-state index contributed by atoms with van der Waals surface area (Å²) in [6.45, 7) is 1.97. The molecule has 0 unspecified atom stereocenters. The van der Waals surface area contributed by atoms with E-state index in [1.165, 1.54) is 0 Å². The van der Waals surface area contributed by atoms with Crippen molar-refractivity contribution >= 4 is 21.9 Å². The van der Waals surface area contributed by atoms with Crippen molar-refractivity contribution in [2.24, 2.45) is 0 Å². The fraction of sp³-hybridized carbons (Fsp3) is 0.222. The van der Waals surface area contributed by atoms with Crippen molar-refractivity contribution in [3.05, 3.63) is 35.4 Å². The summed E-state index contributed by atoms with van der Waals surface area (Å²) in [7, 11) is 0. The molecule has 0 atom stereocenters. The third-order valence-corrected chi connectivity index (χ3v) is 1.70. The van der Waals surface area contributed by atoms with Gasteiger partial charge in [-0.05, 0) is 35.0 Å². The smallest absolute Gasteiger partial charge is 0.338 e. The van der Waals surface area contributed by atoms with E-state index in [0.717, 1.165) is 5.56 Å². The SMILES string of the molecule is Cc1ccc(C(=O)OCBr)cc1. The number of benzene rings is 1. The van der Waals surface area contributed by atoms with Crippen molar-refractivity contribution in [3.63, 3.8) is 0 Å². The maximum absolute atomic E-state index is 11.1. The lowest BCUT2D eigenvalue weighted by atomic mass is 10.2. The van der Waals surface area contributed by atoms with Gasteiger partial charge in [-0.2, -0.15) is 0 Å². The van der Waals surface area contributed by atoms with Crippen LogP contribution in [0, 0.1) is 6.92 Å². The topological polar surface area (TPSA) is 26.3 Å². The number of carbonyl (C=O) groups excluding carboxylic acids is 1. The first-order valence-electron chi connectivity index (χ1n) is 3.54. The Morgan fingerprint density at radius 2 is 2.00 bits per heavy atom. The molecule has 0 spiro atoms. The molecule has 0 amide bonds. The Morgan fingerprint density at radius 3 is 2.50 bits per heavy atom. The highest BCUT2D eigenvalue weighted by Crippen LogP contribution is 2.05. The maximum atomic E-state index is 11.1. The Bertz CT molecular complexity index is 266. The van der Waals surface area contributed by atoms with Crippen LogP contribution in [0.1, 0.15) is 15.9 Å². The summed E-state index contributed by atoms with van der Waals surface area (Å²) in [6, 6.07) is 7.26. The van der Waals surface area contributed by atoms with Crippen molar-refractivity contribution in [3.8, 4) is 0 Å². The minimum absolute atomic E-state index is 0.236. The summed E-state index contributed by atoms with van der Waals surface area (Å²) in [4.78, 5) is 11.1. The largest absolute Gasteiger partial charge is 0.450 e. The van der Waals surface area contributed by atoms with Crippen LogP contribution >= 0.6 is 15.9 Å². The quantitative estimate of drug-likeness (QED) is 0.575. The molecule has 0 heterocycles. The Labute approximate surface area is 79.7 Å². The van der Waals surface area contributed by atoms with E-state index in [4.69, 9.17) is 4.74 Å². The van der Waals surface area contributed by atoms with Gasteiger partial charge in [-0.1, -0.05) is 17.7 Å². The number of rotatable bonds is 2. The van der Waals surface area contributed by atoms with E-state index < -0.39 is 0 Å². The van der Waals surface area contributed by atoms with Gasteiger partial charge in [0.15, 0.2) is 0 Å². The average molecular weight is 229 g/mol. The first-order valence-corrected chi connectivity index (χ1v) is 4.66. The number of hydrogen-bond acceptors (Lipinski definition) is 2. The molecular formula is C9H9BrO2. The molecular weight excluding hydrogens is 220 g/mol. The minimum Gasteiger partial charge on any atom is -0.450 e. The molecule has 0 fully saturated rings. The first kappa shape index (κ1) is 9.26. The Hall–Kier alpha value is -0.830. The fourth-order valence-electron chi connectivity index (χ4n) is 0.823. The predicted octanol–water partition coefficient (Wildman–Crippen LogP) is 2.50. The highest BCUT2D eigenvalue weighted by Gasteiger charge is 2.03. The van der Waals surface area contributed by atoms with Gasteiger partial charge in [0.2, 0.25) is 0 Å². The van der Waals surface area contributed by atoms with E-state index in [1.807, 2.05) is 19.1 Å². The third kappa shape index (κ3) is 2.34. The molecule has 1 rings (SSSR count). The van der Waals surface area contributed by atoms with Crippen molar-refractivity contribution < 1.29 is 9.53 Å². The monoisotopic (exact) mass is 228 g/mol. The average Bonchev–Trinajstić information content (AvgIpc) is 2.06. The number of aryl methyl sites for hydroxylation is 1. The molecule has 0 aliphatic heterocycles. The molecule has 0 aliphatic rings. The van der Waals surface area contributed by atoms with Crippen molar-refractivity contribution in [1.29, 1.82) is 0 Å². The summed E-state index contributed by atoms with van der Waals surface area (Å²) < 4.78 is 4.75. The van der Waals surface area contributed by atoms with E-state index >= 15 is 0 Å². The van der Waals surface area contributed by atoms with Gasteiger partial charge in [0.25, 0.3) is 0 Å². The number of hydrogen-bond donors (Lipinski definition) is 0. The maximum Gasteiger partial charge on any atom is 0.338 e. The number of carbonyl (C=O) groups is 1. The van der Waals surface area contributed by atoms with Crippen molar-refractivity contribution in [2.45, 2.75) is 6.92 Å². The molecule has 0 radical (unpaired) electrons. The molecule has 1 aromatic carbocycles.